The van der Waals surface area contributed by atoms with Crippen LogP contribution in [-0.2, 0) is 9.59 Å². The van der Waals surface area contributed by atoms with Crippen LogP contribution >= 0.6 is 24.8 Å². The molecule has 0 radical (unpaired) electrons. The van der Waals surface area contributed by atoms with Gasteiger partial charge in [0.05, 0.1) is 35.1 Å². The molecular formula is C30H36Cl2N6O3. The second kappa shape index (κ2) is 12.1. The Hall–Kier alpha value is -3.58. The van der Waals surface area contributed by atoms with Crippen LogP contribution in [0.3, 0.4) is 0 Å². The number of ketones is 1. The molecule has 1 aliphatic carbocycles. The molecule has 9 nitrogen and oxygen atoms in total. The Morgan fingerprint density at radius 3 is 2.46 bits per heavy atom. The van der Waals surface area contributed by atoms with Gasteiger partial charge in [-0.3, -0.25) is 14.4 Å². The van der Waals surface area contributed by atoms with E-state index in [0.717, 1.165) is 24.2 Å². The third-order valence-corrected chi connectivity index (χ3v) is 8.18. The summed E-state index contributed by atoms with van der Waals surface area (Å²) in [6.07, 6.45) is 4.01. The summed E-state index contributed by atoms with van der Waals surface area (Å²) in [6, 6.07) is 12.3. The zero-order valence-corrected chi connectivity index (χ0v) is 25.4. The second-order valence-electron chi connectivity index (χ2n) is 10.6. The molecule has 3 atom stereocenters. The molecule has 0 saturated heterocycles. The zero-order valence-electron chi connectivity index (χ0n) is 23.8. The number of benzene rings is 2. The van der Waals surface area contributed by atoms with Crippen LogP contribution in [0.5, 0.6) is 0 Å². The first-order chi connectivity index (χ1) is 18.6. The number of carbonyl (C=O) groups excluding carboxylic acids is 3. The molecular weight excluding hydrogens is 563 g/mol. The van der Waals surface area contributed by atoms with E-state index in [0.29, 0.717) is 40.5 Å². The van der Waals surface area contributed by atoms with Crippen LogP contribution in [-0.4, -0.2) is 61.9 Å². The van der Waals surface area contributed by atoms with Crippen molar-refractivity contribution in [2.24, 2.45) is 0 Å². The molecule has 3 aliphatic rings. The minimum Gasteiger partial charge on any atom is -0.378 e. The van der Waals surface area contributed by atoms with Crippen molar-refractivity contribution in [3.63, 3.8) is 0 Å². The maximum Gasteiger partial charge on any atom is 0.259 e. The Kier molecular flexibility index (Phi) is 9.44. The Labute approximate surface area is 253 Å². The standard InChI is InChI=1S/C30H34N6O3.2ClH/c1-17(32-4)28(38)34-30(19(3)33-24-8-6-7-9-25(24)35(5)29(30)39)23-12-13-36(21-10-11-21)26-15-20(16-31)14-22(18(2)37)27(23)26;;/h6-9,12,14-15,17,19,21,32-33H,10-11,13H2,1-5H3,(H,34,38);2*1H/t17-,19-,30+;;/m0../s1. The van der Waals surface area contributed by atoms with Crippen molar-refractivity contribution in [2.75, 3.05) is 35.8 Å². The second-order valence-corrected chi connectivity index (χ2v) is 10.6. The number of fused-ring (bicyclic) bond motifs is 2. The Morgan fingerprint density at radius 2 is 1.85 bits per heavy atom. The fourth-order valence-corrected chi connectivity index (χ4v) is 5.76. The van der Waals surface area contributed by atoms with Crippen LogP contribution in [0.4, 0.5) is 17.1 Å². The van der Waals surface area contributed by atoms with Gasteiger partial charge in [-0.05, 0) is 70.5 Å². The van der Waals surface area contributed by atoms with Gasteiger partial charge in [-0.1, -0.05) is 18.2 Å². The summed E-state index contributed by atoms with van der Waals surface area (Å²) in [6.45, 7) is 5.58. The van der Waals surface area contributed by atoms with E-state index in [1.54, 1.807) is 38.1 Å². The van der Waals surface area contributed by atoms with E-state index >= 15 is 0 Å². The maximum absolute atomic E-state index is 14.7. The zero-order chi connectivity index (χ0) is 28.1. The van der Waals surface area contributed by atoms with Gasteiger partial charge in [0.15, 0.2) is 11.3 Å². The molecule has 1 fully saturated rings. The highest BCUT2D eigenvalue weighted by molar-refractivity contribution is 6.17. The quantitative estimate of drug-likeness (QED) is 0.431. The first kappa shape index (κ1) is 31.9. The first-order valence-electron chi connectivity index (χ1n) is 13.3. The van der Waals surface area contributed by atoms with E-state index in [4.69, 9.17) is 0 Å². The third-order valence-electron chi connectivity index (χ3n) is 8.18. The lowest BCUT2D eigenvalue weighted by atomic mass is 9.74. The Morgan fingerprint density at radius 1 is 1.17 bits per heavy atom. The summed E-state index contributed by atoms with van der Waals surface area (Å²) in [5, 5.41) is 19.4. The summed E-state index contributed by atoms with van der Waals surface area (Å²) in [4.78, 5) is 45.1. The monoisotopic (exact) mass is 598 g/mol. The highest BCUT2D eigenvalue weighted by atomic mass is 35.5. The maximum atomic E-state index is 14.7. The molecule has 2 heterocycles. The number of Topliss-reactive ketones (excluding diaryl/α,β-unsaturated/α-hetero) is 1. The summed E-state index contributed by atoms with van der Waals surface area (Å²) >= 11 is 0. The molecule has 0 spiro atoms. The van der Waals surface area contributed by atoms with Crippen LogP contribution < -0.4 is 25.8 Å². The van der Waals surface area contributed by atoms with E-state index in [9.17, 15) is 19.6 Å². The van der Waals surface area contributed by atoms with Crippen molar-refractivity contribution in [1.29, 1.82) is 5.26 Å². The van der Waals surface area contributed by atoms with Crippen molar-refractivity contribution in [2.45, 2.75) is 57.3 Å². The molecule has 2 aliphatic heterocycles. The molecule has 0 bridgehead atoms. The minimum absolute atomic E-state index is 0. The van der Waals surface area contributed by atoms with Gasteiger partial charge < -0.3 is 25.8 Å². The number of likely N-dealkylation sites (N-methyl/N-ethyl adjacent to an activating group) is 2. The van der Waals surface area contributed by atoms with Gasteiger partial charge in [-0.15, -0.1) is 24.8 Å². The van der Waals surface area contributed by atoms with Crippen LogP contribution in [0, 0.1) is 11.3 Å². The van der Waals surface area contributed by atoms with Crippen molar-refractivity contribution >= 4 is 65.0 Å². The van der Waals surface area contributed by atoms with Gasteiger partial charge in [0.1, 0.15) is 0 Å². The SMILES string of the molecule is CN[C@@H](C)C(=O)N[C@]1(C2=CCN(C3CC3)c3cc(C#N)cc(C(C)=O)c32)C(=O)N(C)c2ccccc2N[C@H]1C.Cl.Cl. The number of halogens is 2. The molecule has 2 amide bonds. The normalized spacial score (nSPS) is 21.8. The van der Waals surface area contributed by atoms with Crippen molar-refractivity contribution in [3.8, 4) is 6.07 Å². The summed E-state index contributed by atoms with van der Waals surface area (Å²) < 4.78 is 0. The fourth-order valence-electron chi connectivity index (χ4n) is 5.76. The first-order valence-corrected chi connectivity index (χ1v) is 13.3. The van der Waals surface area contributed by atoms with E-state index in [1.165, 1.54) is 6.92 Å². The highest BCUT2D eigenvalue weighted by Gasteiger charge is 2.54. The molecule has 2 aromatic carbocycles. The van der Waals surface area contributed by atoms with E-state index < -0.39 is 17.6 Å². The number of nitrogens with zero attached hydrogens (tertiary/aromatic N) is 3. The Bertz CT molecular complexity index is 1450. The van der Waals surface area contributed by atoms with Gasteiger partial charge in [-0.2, -0.15) is 5.26 Å². The smallest absolute Gasteiger partial charge is 0.259 e. The molecule has 1 saturated carbocycles. The predicted octanol–water partition coefficient (Wildman–Crippen LogP) is 3.91. The predicted molar refractivity (Wildman–Crippen MR) is 166 cm³/mol. The number of hydrogen-bond donors (Lipinski definition) is 3. The molecule has 218 valence electrons. The summed E-state index contributed by atoms with van der Waals surface area (Å²) in [7, 11) is 3.39. The lowest BCUT2D eigenvalue weighted by Crippen LogP contribution is -2.68. The van der Waals surface area contributed by atoms with Gasteiger partial charge in [0, 0.05) is 36.4 Å². The van der Waals surface area contributed by atoms with Gasteiger partial charge in [0.25, 0.3) is 5.91 Å². The number of rotatable bonds is 6. The number of nitriles is 1. The summed E-state index contributed by atoms with van der Waals surface area (Å²) in [5.41, 5.74) is 2.55. The number of anilines is 3. The number of nitrogens with one attached hydrogen (secondary N) is 3. The van der Waals surface area contributed by atoms with Crippen LogP contribution in [0.2, 0.25) is 0 Å². The molecule has 0 aromatic heterocycles. The van der Waals surface area contributed by atoms with Crippen LogP contribution in [0.1, 0.15) is 55.1 Å². The van der Waals surface area contributed by atoms with E-state index in [-0.39, 0.29) is 42.4 Å². The van der Waals surface area contributed by atoms with Gasteiger partial charge in [0.2, 0.25) is 5.91 Å². The number of para-hydroxylation sites is 2. The number of amides is 2. The fraction of sp³-hybridized carbons (Fsp3) is 0.400. The molecule has 5 rings (SSSR count). The lowest BCUT2D eigenvalue weighted by Gasteiger charge is -2.44. The van der Waals surface area contributed by atoms with Crippen molar-refractivity contribution in [1.82, 2.24) is 10.6 Å². The van der Waals surface area contributed by atoms with Crippen LogP contribution in [0.15, 0.2) is 42.5 Å². The average molecular weight is 600 g/mol. The van der Waals surface area contributed by atoms with E-state index in [1.807, 2.05) is 37.3 Å². The summed E-state index contributed by atoms with van der Waals surface area (Å²) in [5.74, 6) is -0.876. The molecule has 3 N–H and O–H groups in total. The number of carbonyl (C=O) groups is 3. The van der Waals surface area contributed by atoms with Gasteiger partial charge >= 0.3 is 0 Å². The largest absolute Gasteiger partial charge is 0.378 e. The molecule has 11 heteroatoms. The molecule has 0 unspecified atom stereocenters. The van der Waals surface area contributed by atoms with Crippen LogP contribution in [0.25, 0.3) is 5.57 Å². The average Bonchev–Trinajstić information content (AvgIpc) is 3.79. The minimum atomic E-state index is -1.56. The highest BCUT2D eigenvalue weighted by Crippen LogP contribution is 2.48. The van der Waals surface area contributed by atoms with Crippen molar-refractivity contribution < 1.29 is 14.4 Å². The third kappa shape index (κ3) is 5.28. The van der Waals surface area contributed by atoms with Crippen molar-refractivity contribution in [3.05, 3.63) is 59.2 Å². The topological polar surface area (TPSA) is 118 Å². The van der Waals surface area contributed by atoms with E-state index in [2.05, 4.69) is 26.9 Å². The molecule has 41 heavy (non-hydrogen) atoms. The Balaban J connectivity index is 0.00000231. The van der Waals surface area contributed by atoms with Gasteiger partial charge in [-0.25, -0.2) is 0 Å². The molecule has 2 aromatic rings. The number of hydrogen-bond acceptors (Lipinski definition) is 7. The lowest BCUT2D eigenvalue weighted by molar-refractivity contribution is -0.130.